The maximum Gasteiger partial charge on any atom is 0.153 e. The van der Waals surface area contributed by atoms with E-state index in [-0.39, 0.29) is 6.04 Å². The molecule has 0 fully saturated rings. The van der Waals surface area contributed by atoms with Gasteiger partial charge in [0.25, 0.3) is 0 Å². The number of hydrogen-bond acceptors (Lipinski definition) is 3. The summed E-state index contributed by atoms with van der Waals surface area (Å²) in [7, 11) is 3.90. The van der Waals surface area contributed by atoms with E-state index in [1.54, 1.807) is 0 Å². The summed E-state index contributed by atoms with van der Waals surface area (Å²) >= 11 is 3.46. The number of aryl methyl sites for hydroxylation is 2. The third-order valence-corrected chi connectivity index (χ3v) is 3.87. The monoisotopic (exact) mass is 322 g/mol. The van der Waals surface area contributed by atoms with Gasteiger partial charge in [0.15, 0.2) is 4.60 Å². The van der Waals surface area contributed by atoms with E-state index in [4.69, 9.17) is 0 Å². The third kappa shape index (κ3) is 3.64. The fourth-order valence-corrected chi connectivity index (χ4v) is 2.89. The second-order valence-corrected chi connectivity index (χ2v) is 5.36. The van der Waals surface area contributed by atoms with E-state index >= 15 is 0 Å². The summed E-state index contributed by atoms with van der Waals surface area (Å²) in [5.74, 6) is 0. The molecule has 0 aliphatic heterocycles. The molecule has 102 valence electrons. The molecule has 1 aromatic heterocycles. The van der Waals surface area contributed by atoms with Gasteiger partial charge in [0.05, 0.1) is 11.7 Å². The second kappa shape index (κ2) is 6.82. The molecule has 0 aliphatic rings. The number of nitrogens with one attached hydrogen (secondary N) is 1. The molecule has 0 saturated carbocycles. The Morgan fingerprint density at radius 1 is 1.32 bits per heavy atom. The van der Waals surface area contributed by atoms with Crippen molar-refractivity contribution >= 4 is 15.9 Å². The Bertz CT molecular complexity index is 490. The van der Waals surface area contributed by atoms with E-state index in [1.165, 1.54) is 5.56 Å². The lowest BCUT2D eigenvalue weighted by molar-refractivity contribution is 0.488. The lowest BCUT2D eigenvalue weighted by atomic mass is 10.0. The van der Waals surface area contributed by atoms with Crippen LogP contribution >= 0.6 is 15.9 Å². The van der Waals surface area contributed by atoms with Gasteiger partial charge in [0, 0.05) is 7.05 Å². The third-order valence-electron chi connectivity index (χ3n) is 3.31. The quantitative estimate of drug-likeness (QED) is 0.889. The minimum Gasteiger partial charge on any atom is -0.312 e. The topological polar surface area (TPSA) is 42.7 Å². The molecule has 1 N–H and O–H groups in total. The highest BCUT2D eigenvalue weighted by Crippen LogP contribution is 2.24. The zero-order valence-corrected chi connectivity index (χ0v) is 12.9. The Morgan fingerprint density at radius 3 is 2.63 bits per heavy atom. The molecule has 1 atom stereocenters. The first-order valence-electron chi connectivity index (χ1n) is 6.48. The SMILES string of the molecule is CNC(CCCc1ccccc1)c1c(Br)nnn1C. The van der Waals surface area contributed by atoms with Gasteiger partial charge < -0.3 is 5.32 Å². The summed E-state index contributed by atoms with van der Waals surface area (Å²) in [5.41, 5.74) is 2.50. The predicted octanol–water partition coefficient (Wildman–Crippen LogP) is 2.86. The van der Waals surface area contributed by atoms with Crippen LogP contribution in [0.2, 0.25) is 0 Å². The van der Waals surface area contributed by atoms with Crippen LogP contribution in [0.3, 0.4) is 0 Å². The van der Waals surface area contributed by atoms with Crippen molar-refractivity contribution in [3.8, 4) is 0 Å². The smallest absolute Gasteiger partial charge is 0.153 e. The largest absolute Gasteiger partial charge is 0.312 e. The Balaban J connectivity index is 1.94. The van der Waals surface area contributed by atoms with Crippen molar-refractivity contribution in [3.05, 3.63) is 46.2 Å². The van der Waals surface area contributed by atoms with Gasteiger partial charge in [0.1, 0.15) is 0 Å². The first kappa shape index (κ1) is 14.2. The molecule has 1 aromatic carbocycles. The molecule has 2 rings (SSSR count). The van der Waals surface area contributed by atoms with E-state index in [9.17, 15) is 0 Å². The fourth-order valence-electron chi connectivity index (χ4n) is 2.28. The van der Waals surface area contributed by atoms with Crippen molar-refractivity contribution in [2.75, 3.05) is 7.05 Å². The summed E-state index contributed by atoms with van der Waals surface area (Å²) < 4.78 is 2.65. The number of nitrogens with zero attached hydrogens (tertiary/aromatic N) is 3. The summed E-state index contributed by atoms with van der Waals surface area (Å²) in [6.07, 6.45) is 3.29. The maximum absolute atomic E-state index is 4.04. The minimum absolute atomic E-state index is 0.276. The van der Waals surface area contributed by atoms with Crippen molar-refractivity contribution < 1.29 is 0 Å². The summed E-state index contributed by atoms with van der Waals surface area (Å²) in [6, 6.07) is 10.9. The average molecular weight is 323 g/mol. The van der Waals surface area contributed by atoms with Gasteiger partial charge in [-0.2, -0.15) is 0 Å². The Hall–Kier alpha value is -1.20. The molecule has 0 amide bonds. The number of hydrogen-bond donors (Lipinski definition) is 1. The Labute approximate surface area is 122 Å². The molecule has 0 spiro atoms. The minimum atomic E-state index is 0.276. The highest BCUT2D eigenvalue weighted by molar-refractivity contribution is 9.10. The molecule has 19 heavy (non-hydrogen) atoms. The van der Waals surface area contributed by atoms with Crippen LogP contribution in [0.4, 0.5) is 0 Å². The van der Waals surface area contributed by atoms with Crippen LogP contribution in [0.25, 0.3) is 0 Å². The van der Waals surface area contributed by atoms with Gasteiger partial charge in [-0.15, -0.1) is 5.10 Å². The van der Waals surface area contributed by atoms with Crippen LogP contribution in [-0.4, -0.2) is 22.0 Å². The molecular weight excluding hydrogens is 304 g/mol. The second-order valence-electron chi connectivity index (χ2n) is 4.61. The van der Waals surface area contributed by atoms with Gasteiger partial charge in [-0.25, -0.2) is 4.68 Å². The standard InChI is InChI=1S/C14H19BrN4/c1-16-12(13-14(15)17-18-19(13)2)10-6-9-11-7-4-3-5-8-11/h3-5,7-8,12,16H,6,9-10H2,1-2H3. The van der Waals surface area contributed by atoms with Gasteiger partial charge in [-0.3, -0.25) is 0 Å². The van der Waals surface area contributed by atoms with Crippen molar-refractivity contribution in [2.24, 2.45) is 7.05 Å². The molecule has 0 saturated heterocycles. The first-order chi connectivity index (χ1) is 9.22. The highest BCUT2D eigenvalue weighted by Gasteiger charge is 2.18. The summed E-state index contributed by atoms with van der Waals surface area (Å²) in [6.45, 7) is 0. The lowest BCUT2D eigenvalue weighted by Crippen LogP contribution is -2.20. The van der Waals surface area contributed by atoms with Crippen LogP contribution in [-0.2, 0) is 13.5 Å². The molecule has 0 aliphatic carbocycles. The molecule has 2 aromatic rings. The lowest BCUT2D eigenvalue weighted by Gasteiger charge is -2.16. The number of rotatable bonds is 6. The predicted molar refractivity (Wildman–Crippen MR) is 79.9 cm³/mol. The molecule has 0 bridgehead atoms. The van der Waals surface area contributed by atoms with Gasteiger partial charge in [-0.05, 0) is 47.8 Å². The molecule has 5 heteroatoms. The Kier molecular flexibility index (Phi) is 5.10. The van der Waals surface area contributed by atoms with Crippen molar-refractivity contribution in [1.29, 1.82) is 0 Å². The molecular formula is C14H19BrN4. The number of halogens is 1. The normalized spacial score (nSPS) is 12.6. The number of benzene rings is 1. The Morgan fingerprint density at radius 2 is 2.05 bits per heavy atom. The van der Waals surface area contributed by atoms with Crippen LogP contribution in [0.1, 0.15) is 30.1 Å². The average Bonchev–Trinajstić information content (AvgIpc) is 2.76. The van der Waals surface area contributed by atoms with E-state index in [0.717, 1.165) is 29.6 Å². The number of aromatic nitrogens is 3. The molecule has 4 nitrogen and oxygen atoms in total. The molecule has 1 unspecified atom stereocenters. The van der Waals surface area contributed by atoms with Gasteiger partial charge >= 0.3 is 0 Å². The van der Waals surface area contributed by atoms with Crippen molar-refractivity contribution in [2.45, 2.75) is 25.3 Å². The highest BCUT2D eigenvalue weighted by atomic mass is 79.9. The molecule has 1 heterocycles. The van der Waals surface area contributed by atoms with Crippen LogP contribution < -0.4 is 5.32 Å². The van der Waals surface area contributed by atoms with E-state index in [2.05, 4.69) is 61.9 Å². The van der Waals surface area contributed by atoms with E-state index < -0.39 is 0 Å². The van der Waals surface area contributed by atoms with Gasteiger partial charge in [-0.1, -0.05) is 35.5 Å². The van der Waals surface area contributed by atoms with Crippen molar-refractivity contribution in [1.82, 2.24) is 20.3 Å². The first-order valence-corrected chi connectivity index (χ1v) is 7.28. The zero-order chi connectivity index (χ0) is 13.7. The van der Waals surface area contributed by atoms with E-state index in [1.807, 2.05) is 18.8 Å². The van der Waals surface area contributed by atoms with Crippen LogP contribution in [0, 0.1) is 0 Å². The van der Waals surface area contributed by atoms with Crippen molar-refractivity contribution in [3.63, 3.8) is 0 Å². The van der Waals surface area contributed by atoms with E-state index in [0.29, 0.717) is 0 Å². The summed E-state index contributed by atoms with van der Waals surface area (Å²) in [4.78, 5) is 0. The summed E-state index contributed by atoms with van der Waals surface area (Å²) in [5, 5.41) is 11.4. The zero-order valence-electron chi connectivity index (χ0n) is 11.3. The maximum atomic E-state index is 4.04. The molecule has 0 radical (unpaired) electrons. The fraction of sp³-hybridized carbons (Fsp3) is 0.429. The van der Waals surface area contributed by atoms with Gasteiger partial charge in [0.2, 0.25) is 0 Å². The van der Waals surface area contributed by atoms with Crippen LogP contribution in [0.15, 0.2) is 34.9 Å². The van der Waals surface area contributed by atoms with Crippen LogP contribution in [0.5, 0.6) is 0 Å².